The van der Waals surface area contributed by atoms with Gasteiger partial charge in [0, 0.05) is 38.0 Å². The number of hydrogen-bond donors (Lipinski definition) is 1. The fraction of sp³-hybridized carbons (Fsp3) is 0.600. The minimum atomic E-state index is -0.0434. The molecule has 20 heavy (non-hydrogen) atoms. The number of rotatable bonds is 6. The van der Waals surface area contributed by atoms with Crippen molar-refractivity contribution in [3.8, 4) is 0 Å². The molecule has 110 valence electrons. The highest BCUT2D eigenvalue weighted by molar-refractivity contribution is 5.99. The molecule has 1 aliphatic rings. The lowest BCUT2D eigenvalue weighted by Crippen LogP contribution is -2.45. The maximum atomic E-state index is 12.7. The molecule has 0 aromatic carbocycles. The number of aliphatic hydroxyl groups excluding tert-OH is 1. The van der Waals surface area contributed by atoms with Gasteiger partial charge in [-0.05, 0) is 38.7 Å². The van der Waals surface area contributed by atoms with Crippen LogP contribution in [0.25, 0.3) is 0 Å². The highest BCUT2D eigenvalue weighted by Crippen LogP contribution is 2.26. The van der Waals surface area contributed by atoms with Gasteiger partial charge in [0.2, 0.25) is 0 Å². The van der Waals surface area contributed by atoms with E-state index in [1.165, 1.54) is 6.92 Å². The lowest BCUT2D eigenvalue weighted by Gasteiger charge is -2.37. The van der Waals surface area contributed by atoms with Crippen LogP contribution < -0.4 is 0 Å². The Morgan fingerprint density at radius 1 is 1.45 bits per heavy atom. The number of hydrogen-bond acceptors (Lipinski definition) is 3. The zero-order valence-corrected chi connectivity index (χ0v) is 12.1. The molecular weight excluding hydrogens is 256 g/mol. The molecule has 0 aliphatic heterocycles. The summed E-state index contributed by atoms with van der Waals surface area (Å²) in [4.78, 5) is 25.9. The summed E-state index contributed by atoms with van der Waals surface area (Å²) in [6, 6.07) is 1.94. The van der Waals surface area contributed by atoms with Crippen molar-refractivity contribution in [1.82, 2.24) is 9.47 Å². The van der Waals surface area contributed by atoms with Gasteiger partial charge < -0.3 is 14.6 Å². The number of nitrogens with zero attached hydrogens (tertiary/aromatic N) is 2. The number of ketones is 1. The average molecular weight is 278 g/mol. The molecule has 0 saturated heterocycles. The zero-order chi connectivity index (χ0) is 14.7. The van der Waals surface area contributed by atoms with Gasteiger partial charge in [-0.1, -0.05) is 0 Å². The lowest BCUT2D eigenvalue weighted by atomic mass is 9.91. The van der Waals surface area contributed by atoms with Gasteiger partial charge in [0.15, 0.2) is 5.78 Å². The molecule has 0 unspecified atom stereocenters. The Bertz CT molecular complexity index is 503. The van der Waals surface area contributed by atoms with E-state index in [9.17, 15) is 9.59 Å². The molecule has 0 radical (unpaired) electrons. The van der Waals surface area contributed by atoms with Crippen molar-refractivity contribution in [3.05, 3.63) is 23.5 Å². The van der Waals surface area contributed by atoms with E-state index in [4.69, 9.17) is 5.11 Å². The molecule has 1 N–H and O–H groups in total. The van der Waals surface area contributed by atoms with Gasteiger partial charge in [-0.2, -0.15) is 0 Å². The molecule has 1 aliphatic carbocycles. The maximum absolute atomic E-state index is 12.7. The highest BCUT2D eigenvalue weighted by Gasteiger charge is 2.30. The predicted molar refractivity (Wildman–Crippen MR) is 75.8 cm³/mol. The first-order valence-corrected chi connectivity index (χ1v) is 7.13. The molecule has 0 spiro atoms. The molecule has 0 bridgehead atoms. The van der Waals surface area contributed by atoms with Gasteiger partial charge in [0.1, 0.15) is 5.69 Å². The summed E-state index contributed by atoms with van der Waals surface area (Å²) < 4.78 is 1.71. The van der Waals surface area contributed by atoms with E-state index in [0.717, 1.165) is 19.3 Å². The van der Waals surface area contributed by atoms with Gasteiger partial charge in [-0.15, -0.1) is 0 Å². The van der Waals surface area contributed by atoms with Crippen molar-refractivity contribution in [2.75, 3.05) is 13.2 Å². The molecule has 1 aromatic heterocycles. The number of aromatic nitrogens is 1. The van der Waals surface area contributed by atoms with Crippen molar-refractivity contribution in [3.63, 3.8) is 0 Å². The number of carbonyl (C=O) groups is 2. The topological polar surface area (TPSA) is 62.5 Å². The summed E-state index contributed by atoms with van der Waals surface area (Å²) >= 11 is 0. The molecule has 1 aromatic rings. The Hall–Kier alpha value is -1.62. The second-order valence-electron chi connectivity index (χ2n) is 5.44. The standard InChI is InChI=1S/C15H22N2O3/c1-11(19)12-9-14(16(2)10-12)15(20)17(7-4-8-18)13-5-3-6-13/h9-10,13,18H,3-8H2,1-2H3. The van der Waals surface area contributed by atoms with Crippen LogP contribution >= 0.6 is 0 Å². The fourth-order valence-corrected chi connectivity index (χ4v) is 2.51. The molecule has 1 heterocycles. The first-order valence-electron chi connectivity index (χ1n) is 7.13. The Kier molecular flexibility index (Phi) is 4.60. The van der Waals surface area contributed by atoms with E-state index >= 15 is 0 Å². The maximum Gasteiger partial charge on any atom is 0.270 e. The molecule has 1 saturated carbocycles. The van der Waals surface area contributed by atoms with Gasteiger partial charge in [0.25, 0.3) is 5.91 Å². The van der Waals surface area contributed by atoms with Crippen molar-refractivity contribution >= 4 is 11.7 Å². The van der Waals surface area contributed by atoms with E-state index < -0.39 is 0 Å². The Morgan fingerprint density at radius 2 is 2.15 bits per heavy atom. The van der Waals surface area contributed by atoms with E-state index in [2.05, 4.69) is 0 Å². The number of Topliss-reactive ketones (excluding diaryl/α,β-unsaturated/α-hetero) is 1. The summed E-state index contributed by atoms with van der Waals surface area (Å²) in [5, 5.41) is 8.98. The van der Waals surface area contributed by atoms with Crippen molar-refractivity contribution < 1.29 is 14.7 Å². The van der Waals surface area contributed by atoms with Crippen LogP contribution in [-0.4, -0.2) is 45.5 Å². The summed E-state index contributed by atoms with van der Waals surface area (Å²) in [7, 11) is 1.78. The highest BCUT2D eigenvalue weighted by atomic mass is 16.3. The lowest BCUT2D eigenvalue weighted by molar-refractivity contribution is 0.0553. The van der Waals surface area contributed by atoms with Crippen LogP contribution in [0.15, 0.2) is 12.3 Å². The van der Waals surface area contributed by atoms with Crippen LogP contribution in [0.3, 0.4) is 0 Å². The van der Waals surface area contributed by atoms with Crippen LogP contribution in [-0.2, 0) is 7.05 Å². The van der Waals surface area contributed by atoms with E-state index in [1.54, 1.807) is 23.9 Å². The molecular formula is C15H22N2O3. The van der Waals surface area contributed by atoms with Gasteiger partial charge in [0.05, 0.1) is 0 Å². The Balaban J connectivity index is 2.19. The molecule has 2 rings (SSSR count). The second kappa shape index (κ2) is 6.22. The Morgan fingerprint density at radius 3 is 2.60 bits per heavy atom. The largest absolute Gasteiger partial charge is 0.396 e. The molecule has 5 heteroatoms. The third-order valence-corrected chi connectivity index (χ3v) is 3.96. The third kappa shape index (κ3) is 2.93. The number of aryl methyl sites for hydroxylation is 1. The van der Waals surface area contributed by atoms with E-state index in [-0.39, 0.29) is 24.3 Å². The minimum absolute atomic E-state index is 0.0368. The van der Waals surface area contributed by atoms with Crippen LogP contribution in [0.4, 0.5) is 0 Å². The fourth-order valence-electron chi connectivity index (χ4n) is 2.51. The van der Waals surface area contributed by atoms with Crippen LogP contribution in [0.1, 0.15) is 53.5 Å². The van der Waals surface area contributed by atoms with Crippen LogP contribution in [0.2, 0.25) is 0 Å². The van der Waals surface area contributed by atoms with E-state index in [0.29, 0.717) is 24.2 Å². The van der Waals surface area contributed by atoms with Crippen molar-refractivity contribution in [1.29, 1.82) is 0 Å². The molecule has 1 fully saturated rings. The summed E-state index contributed by atoms with van der Waals surface area (Å²) in [6.45, 7) is 2.15. The normalized spacial score (nSPS) is 14.9. The zero-order valence-electron chi connectivity index (χ0n) is 12.1. The summed E-state index contributed by atoms with van der Waals surface area (Å²) in [5.74, 6) is -0.0802. The molecule has 1 amide bonds. The smallest absolute Gasteiger partial charge is 0.270 e. The summed E-state index contributed by atoms with van der Waals surface area (Å²) in [5.41, 5.74) is 1.10. The number of carbonyl (C=O) groups excluding carboxylic acids is 2. The quantitative estimate of drug-likeness (QED) is 0.804. The predicted octanol–water partition coefficient (Wildman–Crippen LogP) is 1.60. The van der Waals surface area contributed by atoms with Crippen molar-refractivity contribution in [2.24, 2.45) is 7.05 Å². The second-order valence-corrected chi connectivity index (χ2v) is 5.44. The SMILES string of the molecule is CC(=O)c1cc(C(=O)N(CCCO)C2CCC2)n(C)c1. The van der Waals surface area contributed by atoms with Crippen LogP contribution in [0, 0.1) is 0 Å². The van der Waals surface area contributed by atoms with Crippen LogP contribution in [0.5, 0.6) is 0 Å². The molecule has 5 nitrogen and oxygen atoms in total. The van der Waals surface area contributed by atoms with Crippen molar-refractivity contribution in [2.45, 2.75) is 38.6 Å². The first-order chi connectivity index (χ1) is 9.54. The van der Waals surface area contributed by atoms with E-state index in [1.807, 2.05) is 4.90 Å². The van der Waals surface area contributed by atoms with Gasteiger partial charge >= 0.3 is 0 Å². The summed E-state index contributed by atoms with van der Waals surface area (Å²) in [6.07, 6.45) is 5.49. The monoisotopic (exact) mass is 278 g/mol. The third-order valence-electron chi connectivity index (χ3n) is 3.96. The number of amides is 1. The Labute approximate surface area is 119 Å². The number of aliphatic hydroxyl groups is 1. The minimum Gasteiger partial charge on any atom is -0.396 e. The first kappa shape index (κ1) is 14.8. The average Bonchev–Trinajstić information content (AvgIpc) is 2.73. The van der Waals surface area contributed by atoms with Gasteiger partial charge in [-0.3, -0.25) is 9.59 Å². The molecule has 0 atom stereocenters. The van der Waals surface area contributed by atoms with Gasteiger partial charge in [-0.25, -0.2) is 0 Å².